The van der Waals surface area contributed by atoms with Crippen LogP contribution in [0.5, 0.6) is 0 Å². The molecular weight excluding hydrogens is 128 g/mol. The second-order valence-electron chi connectivity index (χ2n) is 1.18. The Bertz CT molecular complexity index is 136. The Morgan fingerprint density at radius 2 is 1.44 bits per heavy atom. The topological polar surface area (TPSA) is 61.8 Å². The largest absolute Gasteiger partial charge is 0.526 e. The maximum absolute atomic E-state index is 10.1. The average Bonchev–Trinajstić information content (AvgIpc) is 1.59. The summed E-state index contributed by atoms with van der Waals surface area (Å²) in [6.07, 6.45) is -2.23. The van der Waals surface area contributed by atoms with Crippen molar-refractivity contribution in [1.29, 1.82) is 0 Å². The minimum atomic E-state index is -1.11. The van der Waals surface area contributed by atoms with E-state index < -0.39 is 12.3 Å². The molecule has 48 valence electrons. The highest BCUT2D eigenvalue weighted by molar-refractivity contribution is 5.79. The van der Waals surface area contributed by atoms with Crippen LogP contribution in [0.2, 0.25) is 0 Å². The monoisotopic (exact) mass is 130 g/mol. The zero-order valence-electron chi connectivity index (χ0n) is 4.25. The molecule has 1 rings (SSSR count). The first-order valence-electron chi connectivity index (χ1n) is 1.99. The van der Waals surface area contributed by atoms with Gasteiger partial charge >= 0.3 is 12.3 Å². The van der Waals surface area contributed by atoms with Crippen LogP contribution in [-0.4, -0.2) is 12.3 Å². The zero-order chi connectivity index (χ0) is 6.85. The van der Waals surface area contributed by atoms with Gasteiger partial charge < -0.3 is 14.2 Å². The predicted octanol–water partition coefficient (Wildman–Crippen LogP) is 0.761. The van der Waals surface area contributed by atoms with E-state index in [1.165, 1.54) is 0 Å². The maximum atomic E-state index is 10.1. The molecule has 0 aromatic carbocycles. The Balaban J connectivity index is 2.64. The van der Waals surface area contributed by atoms with Gasteiger partial charge in [-0.1, -0.05) is 0 Å². The van der Waals surface area contributed by atoms with Crippen LogP contribution < -0.4 is 0 Å². The second kappa shape index (κ2) is 1.77. The van der Waals surface area contributed by atoms with Gasteiger partial charge in [0.2, 0.25) is 0 Å². The lowest BCUT2D eigenvalue weighted by Gasteiger charge is -2.10. The van der Waals surface area contributed by atoms with Crippen LogP contribution in [0.15, 0.2) is 12.5 Å². The molecule has 0 amide bonds. The van der Waals surface area contributed by atoms with Gasteiger partial charge in [0.1, 0.15) is 0 Å². The first-order chi connectivity index (χ1) is 4.18. The zero-order valence-corrected chi connectivity index (χ0v) is 4.25. The lowest BCUT2D eigenvalue weighted by molar-refractivity contribution is -0.0122. The predicted molar refractivity (Wildman–Crippen MR) is 23.2 cm³/mol. The number of rotatable bonds is 0. The Hall–Kier alpha value is -1.52. The summed E-state index contributed by atoms with van der Waals surface area (Å²) in [4.78, 5) is 20.2. The Morgan fingerprint density at radius 3 is 1.78 bits per heavy atom. The molecule has 1 fully saturated rings. The van der Waals surface area contributed by atoms with Gasteiger partial charge in [0.25, 0.3) is 5.95 Å². The number of ether oxygens (including phenoxy) is 3. The van der Waals surface area contributed by atoms with E-state index in [1.807, 2.05) is 0 Å². The van der Waals surface area contributed by atoms with Crippen LogP contribution in [0.4, 0.5) is 9.59 Å². The standard InChI is InChI=1S/C4H2O5/c1-2-7-3(5)9-4(6)8-2/h1H2. The number of carbonyl (C=O) groups is 2. The third kappa shape index (κ3) is 1.18. The molecule has 0 N–H and O–H groups in total. The normalized spacial score (nSPS) is 18.0. The second-order valence-corrected chi connectivity index (χ2v) is 1.18. The van der Waals surface area contributed by atoms with Crippen LogP contribution in [0.25, 0.3) is 0 Å². The van der Waals surface area contributed by atoms with E-state index in [0.29, 0.717) is 0 Å². The summed E-state index contributed by atoms with van der Waals surface area (Å²) in [6.45, 7) is 3.05. The average molecular weight is 130 g/mol. The van der Waals surface area contributed by atoms with Gasteiger partial charge in [0.05, 0.1) is 0 Å². The van der Waals surface area contributed by atoms with Gasteiger partial charge in [0.15, 0.2) is 0 Å². The van der Waals surface area contributed by atoms with Crippen molar-refractivity contribution in [1.82, 2.24) is 0 Å². The molecule has 0 saturated carbocycles. The fraction of sp³-hybridized carbons (Fsp3) is 0. The molecular formula is C4H2O5. The third-order valence-corrected chi connectivity index (χ3v) is 0.561. The van der Waals surface area contributed by atoms with Crippen molar-refractivity contribution in [2.75, 3.05) is 0 Å². The lowest BCUT2D eigenvalue weighted by atomic mass is 10.9. The molecule has 0 aromatic rings. The van der Waals surface area contributed by atoms with Gasteiger partial charge in [-0.2, -0.15) is 0 Å². The van der Waals surface area contributed by atoms with E-state index in [1.54, 1.807) is 0 Å². The maximum Gasteiger partial charge on any atom is 0.526 e. The highest BCUT2D eigenvalue weighted by atomic mass is 16.9. The van der Waals surface area contributed by atoms with Crippen LogP contribution >= 0.6 is 0 Å². The molecule has 5 heteroatoms. The molecule has 0 aromatic heterocycles. The molecule has 1 heterocycles. The molecule has 0 radical (unpaired) electrons. The lowest BCUT2D eigenvalue weighted by Crippen LogP contribution is -2.21. The summed E-state index contributed by atoms with van der Waals surface area (Å²) in [5.41, 5.74) is 0. The number of hydrogen-bond donors (Lipinski definition) is 0. The number of carbonyl (C=O) groups excluding carboxylic acids is 2. The quantitative estimate of drug-likeness (QED) is 0.357. The van der Waals surface area contributed by atoms with Crippen LogP contribution in [0.1, 0.15) is 0 Å². The minimum absolute atomic E-state index is 0.365. The molecule has 1 aliphatic rings. The van der Waals surface area contributed by atoms with E-state index in [0.717, 1.165) is 0 Å². The SMILES string of the molecule is C=C1OC(=O)OC(=O)O1. The van der Waals surface area contributed by atoms with Crippen molar-refractivity contribution in [2.45, 2.75) is 0 Å². The summed E-state index contributed by atoms with van der Waals surface area (Å²) in [6, 6.07) is 0. The molecule has 0 spiro atoms. The Labute approximate surface area is 49.8 Å². The van der Waals surface area contributed by atoms with E-state index >= 15 is 0 Å². The minimum Gasteiger partial charge on any atom is -0.360 e. The number of cyclic esters (lactones) is 4. The van der Waals surface area contributed by atoms with Crippen molar-refractivity contribution < 1.29 is 23.8 Å². The fourth-order valence-electron chi connectivity index (χ4n) is 0.316. The molecule has 0 aliphatic carbocycles. The molecule has 5 nitrogen and oxygen atoms in total. The highest BCUT2D eigenvalue weighted by Gasteiger charge is 2.23. The first-order valence-corrected chi connectivity index (χ1v) is 1.99. The molecule has 1 aliphatic heterocycles. The fourth-order valence-corrected chi connectivity index (χ4v) is 0.316. The van der Waals surface area contributed by atoms with E-state index in [2.05, 4.69) is 20.8 Å². The smallest absolute Gasteiger partial charge is 0.360 e. The highest BCUT2D eigenvalue weighted by Crippen LogP contribution is 2.07. The van der Waals surface area contributed by atoms with Gasteiger partial charge in [-0.3, -0.25) is 0 Å². The summed E-state index contributed by atoms with van der Waals surface area (Å²) >= 11 is 0. The summed E-state index contributed by atoms with van der Waals surface area (Å²) in [5.74, 6) is -0.365. The molecule has 0 unspecified atom stereocenters. The van der Waals surface area contributed by atoms with Gasteiger partial charge in [-0.15, -0.1) is 0 Å². The van der Waals surface area contributed by atoms with Crippen molar-refractivity contribution in [3.63, 3.8) is 0 Å². The first kappa shape index (κ1) is 5.61. The van der Waals surface area contributed by atoms with Crippen LogP contribution in [0.3, 0.4) is 0 Å². The van der Waals surface area contributed by atoms with Crippen molar-refractivity contribution in [3.8, 4) is 0 Å². The Kier molecular flexibility index (Phi) is 1.11. The molecule has 1 saturated heterocycles. The van der Waals surface area contributed by atoms with E-state index in [9.17, 15) is 9.59 Å². The summed E-state index contributed by atoms with van der Waals surface area (Å²) in [7, 11) is 0. The van der Waals surface area contributed by atoms with E-state index in [-0.39, 0.29) is 5.95 Å². The van der Waals surface area contributed by atoms with Crippen LogP contribution in [-0.2, 0) is 14.2 Å². The third-order valence-electron chi connectivity index (χ3n) is 0.561. The van der Waals surface area contributed by atoms with Gasteiger partial charge in [-0.25, -0.2) is 9.59 Å². The summed E-state index contributed by atoms with van der Waals surface area (Å²) < 4.78 is 11.9. The summed E-state index contributed by atoms with van der Waals surface area (Å²) in [5, 5.41) is 0. The van der Waals surface area contributed by atoms with Gasteiger partial charge in [0, 0.05) is 0 Å². The van der Waals surface area contributed by atoms with Crippen LogP contribution in [0, 0.1) is 0 Å². The van der Waals surface area contributed by atoms with E-state index in [4.69, 9.17) is 0 Å². The van der Waals surface area contributed by atoms with Gasteiger partial charge in [-0.05, 0) is 6.58 Å². The molecule has 0 atom stereocenters. The van der Waals surface area contributed by atoms with Crippen molar-refractivity contribution in [2.24, 2.45) is 0 Å². The molecule has 9 heavy (non-hydrogen) atoms. The molecule has 0 bridgehead atoms. The van der Waals surface area contributed by atoms with Crippen molar-refractivity contribution >= 4 is 12.3 Å². The number of hydrogen-bond acceptors (Lipinski definition) is 5. The van der Waals surface area contributed by atoms with Crippen molar-refractivity contribution in [3.05, 3.63) is 12.5 Å². The Morgan fingerprint density at radius 1 is 1.00 bits per heavy atom.